The number of esters is 1. The molecule has 2 aromatic rings. The molecule has 0 heterocycles. The van der Waals surface area contributed by atoms with Crippen LogP contribution in [-0.2, 0) is 9.53 Å². The van der Waals surface area contributed by atoms with Crippen LogP contribution in [0.1, 0.15) is 18.1 Å². The Kier molecular flexibility index (Phi) is 5.57. The van der Waals surface area contributed by atoms with E-state index in [1.54, 1.807) is 13.0 Å². The largest absolute Gasteiger partial charge is 0.462 e. The first-order valence-corrected chi connectivity index (χ1v) is 7.31. The molecule has 25 heavy (non-hydrogen) atoms. The number of nitro benzene ring substituents is 2. The Labute approximate surface area is 142 Å². The second-order valence-electron chi connectivity index (χ2n) is 4.87. The SMILES string of the molecule is CCOC(=O)/C(=C\c1ccccc1[N+](=O)[O-])c1ccccc1[N+](=O)[O-]. The molecule has 0 unspecified atom stereocenters. The van der Waals surface area contributed by atoms with Crippen LogP contribution in [0.4, 0.5) is 11.4 Å². The second kappa shape index (κ2) is 7.82. The molecule has 0 aliphatic rings. The normalized spacial score (nSPS) is 11.0. The van der Waals surface area contributed by atoms with Gasteiger partial charge in [0.25, 0.3) is 11.4 Å². The van der Waals surface area contributed by atoms with Crippen LogP contribution in [0.3, 0.4) is 0 Å². The van der Waals surface area contributed by atoms with E-state index in [1.165, 1.54) is 48.5 Å². The standard InChI is InChI=1S/C17H14N2O6/c1-2-25-17(20)14(13-8-4-6-10-16(13)19(23)24)11-12-7-3-5-9-15(12)18(21)22/h3-11H,2H2,1H3/b14-11-. The van der Waals surface area contributed by atoms with Gasteiger partial charge in [0.05, 0.1) is 33.2 Å². The lowest BCUT2D eigenvalue weighted by Gasteiger charge is -2.08. The van der Waals surface area contributed by atoms with Crippen molar-refractivity contribution in [3.05, 3.63) is 79.9 Å². The van der Waals surface area contributed by atoms with Crippen LogP contribution in [0, 0.1) is 20.2 Å². The van der Waals surface area contributed by atoms with E-state index >= 15 is 0 Å². The highest BCUT2D eigenvalue weighted by Gasteiger charge is 2.24. The Morgan fingerprint density at radius 1 is 1.00 bits per heavy atom. The molecule has 0 fully saturated rings. The van der Waals surface area contributed by atoms with Crippen molar-refractivity contribution in [3.8, 4) is 0 Å². The number of hydrogen-bond donors (Lipinski definition) is 0. The molecule has 0 saturated heterocycles. The molecule has 0 aliphatic heterocycles. The van der Waals surface area contributed by atoms with Gasteiger partial charge in [-0.3, -0.25) is 20.2 Å². The Balaban J connectivity index is 2.69. The highest BCUT2D eigenvalue weighted by Crippen LogP contribution is 2.30. The molecule has 0 saturated carbocycles. The monoisotopic (exact) mass is 342 g/mol. The number of para-hydroxylation sites is 2. The number of rotatable bonds is 6. The second-order valence-corrected chi connectivity index (χ2v) is 4.87. The summed E-state index contributed by atoms with van der Waals surface area (Å²) in [6.07, 6.45) is 1.23. The quantitative estimate of drug-likeness (QED) is 0.260. The van der Waals surface area contributed by atoms with Crippen LogP contribution in [0.5, 0.6) is 0 Å². The number of hydrogen-bond acceptors (Lipinski definition) is 6. The number of nitro groups is 2. The van der Waals surface area contributed by atoms with Crippen molar-refractivity contribution in [3.63, 3.8) is 0 Å². The number of carbonyl (C=O) groups is 1. The third kappa shape index (κ3) is 4.05. The van der Waals surface area contributed by atoms with Gasteiger partial charge in [-0.15, -0.1) is 0 Å². The third-order valence-electron chi connectivity index (χ3n) is 3.32. The van der Waals surface area contributed by atoms with Crippen molar-refractivity contribution in [2.75, 3.05) is 6.61 Å². The van der Waals surface area contributed by atoms with Crippen molar-refractivity contribution in [2.45, 2.75) is 6.92 Å². The maximum Gasteiger partial charge on any atom is 0.339 e. The topological polar surface area (TPSA) is 113 Å². The maximum atomic E-state index is 12.3. The van der Waals surface area contributed by atoms with Crippen molar-refractivity contribution < 1.29 is 19.4 Å². The number of ether oxygens (including phenoxy) is 1. The lowest BCUT2D eigenvalue weighted by atomic mass is 10.0. The molecule has 2 rings (SSSR count). The Hall–Kier alpha value is -3.55. The van der Waals surface area contributed by atoms with Crippen LogP contribution in [0.2, 0.25) is 0 Å². The van der Waals surface area contributed by atoms with E-state index in [-0.39, 0.29) is 34.7 Å². The van der Waals surface area contributed by atoms with E-state index in [9.17, 15) is 25.0 Å². The highest BCUT2D eigenvalue weighted by molar-refractivity contribution is 6.22. The van der Waals surface area contributed by atoms with E-state index < -0.39 is 15.8 Å². The molecule has 0 amide bonds. The molecular weight excluding hydrogens is 328 g/mol. The molecule has 0 spiro atoms. The van der Waals surface area contributed by atoms with E-state index in [0.29, 0.717) is 0 Å². The summed E-state index contributed by atoms with van der Waals surface area (Å²) in [5, 5.41) is 22.4. The fourth-order valence-corrected chi connectivity index (χ4v) is 2.25. The molecule has 0 radical (unpaired) electrons. The van der Waals surface area contributed by atoms with Gasteiger partial charge in [-0.1, -0.05) is 24.3 Å². The van der Waals surface area contributed by atoms with Gasteiger partial charge in [0.1, 0.15) is 0 Å². The number of nitrogens with zero attached hydrogens (tertiary/aromatic N) is 2. The van der Waals surface area contributed by atoms with Gasteiger partial charge < -0.3 is 4.74 Å². The minimum atomic E-state index is -0.796. The van der Waals surface area contributed by atoms with Gasteiger partial charge in [0, 0.05) is 12.1 Å². The first-order chi connectivity index (χ1) is 12.0. The Morgan fingerprint density at radius 2 is 1.56 bits per heavy atom. The average Bonchev–Trinajstić information content (AvgIpc) is 2.60. The molecule has 8 heteroatoms. The summed E-state index contributed by atoms with van der Waals surface area (Å²) in [5.74, 6) is -0.796. The molecule has 0 aliphatic carbocycles. The molecular formula is C17H14N2O6. The fraction of sp³-hybridized carbons (Fsp3) is 0.118. The van der Waals surface area contributed by atoms with E-state index in [1.807, 2.05) is 0 Å². The first-order valence-electron chi connectivity index (χ1n) is 7.31. The molecule has 0 bridgehead atoms. The number of benzene rings is 2. The van der Waals surface area contributed by atoms with Gasteiger partial charge in [-0.25, -0.2) is 4.79 Å². The Bertz CT molecular complexity index is 860. The van der Waals surface area contributed by atoms with Crippen molar-refractivity contribution in [1.82, 2.24) is 0 Å². The lowest BCUT2D eigenvalue weighted by molar-refractivity contribution is -0.385. The molecule has 0 aromatic heterocycles. The third-order valence-corrected chi connectivity index (χ3v) is 3.32. The van der Waals surface area contributed by atoms with E-state index in [4.69, 9.17) is 4.74 Å². The minimum Gasteiger partial charge on any atom is -0.462 e. The van der Waals surface area contributed by atoms with Gasteiger partial charge in [-0.2, -0.15) is 0 Å². The van der Waals surface area contributed by atoms with Crippen molar-refractivity contribution in [1.29, 1.82) is 0 Å². The predicted molar refractivity (Wildman–Crippen MR) is 90.7 cm³/mol. The number of carbonyl (C=O) groups excluding carboxylic acids is 1. The molecule has 0 N–H and O–H groups in total. The summed E-state index contributed by atoms with van der Waals surface area (Å²) in [7, 11) is 0. The summed E-state index contributed by atoms with van der Waals surface area (Å²) in [4.78, 5) is 33.5. The smallest absolute Gasteiger partial charge is 0.339 e. The summed E-state index contributed by atoms with van der Waals surface area (Å²) < 4.78 is 4.97. The first kappa shape index (κ1) is 17.8. The zero-order valence-electron chi connectivity index (χ0n) is 13.2. The Morgan fingerprint density at radius 3 is 2.16 bits per heavy atom. The van der Waals surface area contributed by atoms with Gasteiger partial charge in [-0.05, 0) is 25.1 Å². The van der Waals surface area contributed by atoms with Gasteiger partial charge in [0.15, 0.2) is 0 Å². The molecule has 2 aromatic carbocycles. The maximum absolute atomic E-state index is 12.3. The van der Waals surface area contributed by atoms with E-state index in [0.717, 1.165) is 0 Å². The molecule has 0 atom stereocenters. The van der Waals surface area contributed by atoms with Crippen LogP contribution < -0.4 is 0 Å². The summed E-state index contributed by atoms with van der Waals surface area (Å²) in [5.41, 5.74) is -0.454. The van der Waals surface area contributed by atoms with Gasteiger partial charge >= 0.3 is 5.97 Å². The summed E-state index contributed by atoms with van der Waals surface area (Å²) in [6, 6.07) is 11.5. The van der Waals surface area contributed by atoms with Gasteiger partial charge in [0.2, 0.25) is 0 Å². The summed E-state index contributed by atoms with van der Waals surface area (Å²) >= 11 is 0. The van der Waals surface area contributed by atoms with E-state index in [2.05, 4.69) is 0 Å². The zero-order chi connectivity index (χ0) is 18.4. The van der Waals surface area contributed by atoms with Crippen molar-refractivity contribution >= 4 is 29.0 Å². The van der Waals surface area contributed by atoms with Crippen LogP contribution in [0.25, 0.3) is 11.6 Å². The van der Waals surface area contributed by atoms with Crippen LogP contribution in [-0.4, -0.2) is 22.4 Å². The molecule has 8 nitrogen and oxygen atoms in total. The lowest BCUT2D eigenvalue weighted by Crippen LogP contribution is -2.08. The van der Waals surface area contributed by atoms with Crippen LogP contribution in [0.15, 0.2) is 48.5 Å². The predicted octanol–water partition coefficient (Wildman–Crippen LogP) is 3.61. The van der Waals surface area contributed by atoms with Crippen molar-refractivity contribution in [2.24, 2.45) is 0 Å². The minimum absolute atomic E-state index is 0.0316. The fourth-order valence-electron chi connectivity index (χ4n) is 2.25. The average molecular weight is 342 g/mol. The highest BCUT2D eigenvalue weighted by atomic mass is 16.6. The summed E-state index contributed by atoms with van der Waals surface area (Å²) in [6.45, 7) is 1.66. The zero-order valence-corrected chi connectivity index (χ0v) is 13.2. The van der Waals surface area contributed by atoms with Crippen LogP contribution >= 0.6 is 0 Å². The molecule has 128 valence electrons.